The first-order valence-electron chi connectivity index (χ1n) is 7.98. The number of carbonyl (C=O) groups is 2. The minimum Gasteiger partial charge on any atom is -0.481 e. The standard InChI is InChI=1S/C15H20N2O5S2/c18-14(16-7-1-4-11(10-16)15(19)20)12-5-2-8-17(12)24(21,22)13-6-3-9-23-13/h3,6,9,11-12H,1-2,4-5,7-8,10H2,(H,19,20)/t11-,12?/m0/s1. The lowest BCUT2D eigenvalue weighted by atomic mass is 9.97. The van der Waals surface area contributed by atoms with Crippen molar-refractivity contribution in [3.8, 4) is 0 Å². The second-order valence-electron chi connectivity index (χ2n) is 6.17. The molecule has 0 bridgehead atoms. The zero-order chi connectivity index (χ0) is 17.3. The number of rotatable bonds is 4. The van der Waals surface area contributed by atoms with E-state index in [2.05, 4.69) is 0 Å². The van der Waals surface area contributed by atoms with Crippen LogP contribution in [-0.2, 0) is 19.6 Å². The number of hydrogen-bond acceptors (Lipinski definition) is 5. The van der Waals surface area contributed by atoms with Crippen molar-refractivity contribution in [3.05, 3.63) is 17.5 Å². The largest absolute Gasteiger partial charge is 0.481 e. The summed E-state index contributed by atoms with van der Waals surface area (Å²) < 4.78 is 27.0. The average Bonchev–Trinajstić information content (AvgIpc) is 3.26. The zero-order valence-electron chi connectivity index (χ0n) is 13.1. The Labute approximate surface area is 144 Å². The Morgan fingerprint density at radius 3 is 2.62 bits per heavy atom. The SMILES string of the molecule is O=C(O)[C@H]1CCCN(C(=O)C2CCCN2S(=O)(=O)c2cccs2)C1. The van der Waals surface area contributed by atoms with E-state index in [1.54, 1.807) is 17.5 Å². The normalized spacial score (nSPS) is 25.8. The van der Waals surface area contributed by atoms with E-state index in [1.165, 1.54) is 9.21 Å². The highest BCUT2D eigenvalue weighted by molar-refractivity contribution is 7.91. The molecule has 24 heavy (non-hydrogen) atoms. The Morgan fingerprint density at radius 2 is 1.96 bits per heavy atom. The number of thiophene rings is 1. The molecule has 132 valence electrons. The van der Waals surface area contributed by atoms with Crippen molar-refractivity contribution in [2.45, 2.75) is 35.9 Å². The molecule has 3 heterocycles. The maximum absolute atomic E-state index is 12.8. The van der Waals surface area contributed by atoms with Crippen LogP contribution in [-0.4, -0.2) is 60.3 Å². The van der Waals surface area contributed by atoms with Gasteiger partial charge in [-0.2, -0.15) is 4.31 Å². The molecule has 9 heteroatoms. The van der Waals surface area contributed by atoms with Crippen LogP contribution < -0.4 is 0 Å². The van der Waals surface area contributed by atoms with Gasteiger partial charge in [-0.1, -0.05) is 6.07 Å². The highest BCUT2D eigenvalue weighted by Gasteiger charge is 2.42. The van der Waals surface area contributed by atoms with E-state index in [0.717, 1.165) is 11.3 Å². The van der Waals surface area contributed by atoms with Gasteiger partial charge in [-0.15, -0.1) is 11.3 Å². The molecule has 3 rings (SSSR count). The Kier molecular flexibility index (Phi) is 4.93. The van der Waals surface area contributed by atoms with E-state index >= 15 is 0 Å². The summed E-state index contributed by atoms with van der Waals surface area (Å²) in [6.07, 6.45) is 2.31. The highest BCUT2D eigenvalue weighted by Crippen LogP contribution is 2.30. The van der Waals surface area contributed by atoms with Crippen LogP contribution in [0, 0.1) is 5.92 Å². The van der Waals surface area contributed by atoms with Gasteiger partial charge < -0.3 is 10.0 Å². The molecular weight excluding hydrogens is 352 g/mol. The monoisotopic (exact) mass is 372 g/mol. The third-order valence-corrected chi connectivity index (χ3v) is 7.91. The number of piperidine rings is 1. The third kappa shape index (κ3) is 3.20. The lowest BCUT2D eigenvalue weighted by molar-refractivity contribution is -0.146. The summed E-state index contributed by atoms with van der Waals surface area (Å²) >= 11 is 1.14. The first kappa shape index (κ1) is 17.4. The third-order valence-electron chi connectivity index (χ3n) is 4.63. The molecule has 0 radical (unpaired) electrons. The number of carboxylic acid groups (broad SMARTS) is 1. The Bertz CT molecular complexity index is 716. The Morgan fingerprint density at radius 1 is 1.21 bits per heavy atom. The molecule has 1 unspecified atom stereocenters. The summed E-state index contributed by atoms with van der Waals surface area (Å²) in [5, 5.41) is 10.9. The highest BCUT2D eigenvalue weighted by atomic mass is 32.2. The van der Waals surface area contributed by atoms with E-state index in [1.807, 2.05) is 0 Å². The van der Waals surface area contributed by atoms with E-state index < -0.39 is 28.0 Å². The van der Waals surface area contributed by atoms with Crippen molar-refractivity contribution in [2.24, 2.45) is 5.92 Å². The van der Waals surface area contributed by atoms with Gasteiger partial charge in [0.1, 0.15) is 10.3 Å². The summed E-state index contributed by atoms with van der Waals surface area (Å²) in [7, 11) is -3.67. The van der Waals surface area contributed by atoms with Crippen LogP contribution >= 0.6 is 11.3 Å². The maximum atomic E-state index is 12.8. The molecule has 0 saturated carbocycles. The second-order valence-corrected chi connectivity index (χ2v) is 9.23. The summed E-state index contributed by atoms with van der Waals surface area (Å²) in [6, 6.07) is 2.50. The molecule has 1 amide bonds. The van der Waals surface area contributed by atoms with Crippen molar-refractivity contribution in [2.75, 3.05) is 19.6 Å². The van der Waals surface area contributed by atoms with Crippen molar-refractivity contribution in [3.63, 3.8) is 0 Å². The number of carboxylic acids is 1. The van der Waals surface area contributed by atoms with Gasteiger partial charge >= 0.3 is 5.97 Å². The van der Waals surface area contributed by atoms with Crippen molar-refractivity contribution < 1.29 is 23.1 Å². The molecule has 0 aromatic carbocycles. The van der Waals surface area contributed by atoms with Gasteiger partial charge in [0.05, 0.1) is 5.92 Å². The predicted octanol–water partition coefficient (Wildman–Crippen LogP) is 1.22. The number of likely N-dealkylation sites (tertiary alicyclic amines) is 1. The van der Waals surface area contributed by atoms with Crippen LogP contribution in [0.25, 0.3) is 0 Å². The molecule has 2 saturated heterocycles. The fourth-order valence-corrected chi connectivity index (χ4v) is 6.16. The van der Waals surface area contributed by atoms with Crippen molar-refractivity contribution in [1.82, 2.24) is 9.21 Å². The van der Waals surface area contributed by atoms with Crippen LogP contribution in [0.2, 0.25) is 0 Å². The van der Waals surface area contributed by atoms with Crippen LogP contribution in [0.5, 0.6) is 0 Å². The van der Waals surface area contributed by atoms with Crippen LogP contribution in [0.3, 0.4) is 0 Å². The molecule has 1 aromatic heterocycles. The predicted molar refractivity (Wildman–Crippen MR) is 88.2 cm³/mol. The molecule has 2 aliphatic rings. The molecule has 0 spiro atoms. The lowest BCUT2D eigenvalue weighted by Gasteiger charge is -2.34. The quantitative estimate of drug-likeness (QED) is 0.858. The minimum atomic E-state index is -3.67. The minimum absolute atomic E-state index is 0.164. The second kappa shape index (κ2) is 6.81. The number of hydrogen-bond donors (Lipinski definition) is 1. The van der Waals surface area contributed by atoms with Gasteiger partial charge in [-0.3, -0.25) is 9.59 Å². The van der Waals surface area contributed by atoms with Gasteiger partial charge in [0, 0.05) is 19.6 Å². The fourth-order valence-electron chi connectivity index (χ4n) is 3.39. The number of sulfonamides is 1. The number of carbonyl (C=O) groups excluding carboxylic acids is 1. The van der Waals surface area contributed by atoms with Gasteiger partial charge in [-0.05, 0) is 37.1 Å². The molecular formula is C15H20N2O5S2. The molecule has 2 fully saturated rings. The molecule has 2 atom stereocenters. The Hall–Kier alpha value is -1.45. The first-order valence-corrected chi connectivity index (χ1v) is 10.3. The molecule has 0 aliphatic carbocycles. The topological polar surface area (TPSA) is 95.0 Å². The molecule has 1 N–H and O–H groups in total. The van der Waals surface area contributed by atoms with Crippen LogP contribution in [0.4, 0.5) is 0 Å². The van der Waals surface area contributed by atoms with Gasteiger partial charge in [0.15, 0.2) is 0 Å². The number of amides is 1. The van der Waals surface area contributed by atoms with E-state index in [-0.39, 0.29) is 16.7 Å². The van der Waals surface area contributed by atoms with E-state index in [4.69, 9.17) is 5.11 Å². The van der Waals surface area contributed by atoms with Gasteiger partial charge in [0.25, 0.3) is 10.0 Å². The number of nitrogens with zero attached hydrogens (tertiary/aromatic N) is 2. The fraction of sp³-hybridized carbons (Fsp3) is 0.600. The van der Waals surface area contributed by atoms with Crippen molar-refractivity contribution >= 4 is 33.2 Å². The van der Waals surface area contributed by atoms with Crippen LogP contribution in [0.15, 0.2) is 21.7 Å². The smallest absolute Gasteiger partial charge is 0.308 e. The summed E-state index contributed by atoms with van der Waals surface area (Å²) in [5.41, 5.74) is 0. The summed E-state index contributed by atoms with van der Waals surface area (Å²) in [6.45, 7) is 0.983. The van der Waals surface area contributed by atoms with Crippen molar-refractivity contribution in [1.29, 1.82) is 0 Å². The first-order chi connectivity index (χ1) is 11.4. The molecule has 2 aliphatic heterocycles. The van der Waals surface area contributed by atoms with E-state index in [9.17, 15) is 18.0 Å². The zero-order valence-corrected chi connectivity index (χ0v) is 14.8. The van der Waals surface area contributed by atoms with Gasteiger partial charge in [0.2, 0.25) is 5.91 Å². The summed E-state index contributed by atoms with van der Waals surface area (Å²) in [5.74, 6) is -1.73. The van der Waals surface area contributed by atoms with Gasteiger partial charge in [-0.25, -0.2) is 8.42 Å². The summed E-state index contributed by atoms with van der Waals surface area (Å²) in [4.78, 5) is 25.5. The maximum Gasteiger partial charge on any atom is 0.308 e. The van der Waals surface area contributed by atoms with E-state index in [0.29, 0.717) is 38.8 Å². The average molecular weight is 372 g/mol. The lowest BCUT2D eigenvalue weighted by Crippen LogP contribution is -2.51. The Balaban J connectivity index is 1.78. The van der Waals surface area contributed by atoms with Crippen LogP contribution in [0.1, 0.15) is 25.7 Å². The molecule has 1 aromatic rings. The number of aliphatic carboxylic acids is 1. The molecule has 7 nitrogen and oxygen atoms in total.